The Morgan fingerprint density at radius 1 is 1.42 bits per heavy atom. The molecule has 0 aliphatic rings. The molecular weight excluding hydrogens is 168 g/mol. The van der Waals surface area contributed by atoms with Gasteiger partial charge in [0, 0.05) is 4.90 Å². The third-order valence-corrected chi connectivity index (χ3v) is 2.33. The van der Waals surface area contributed by atoms with E-state index in [9.17, 15) is 5.11 Å². The van der Waals surface area contributed by atoms with Crippen LogP contribution in [0.4, 0.5) is 0 Å². The van der Waals surface area contributed by atoms with E-state index in [1.165, 1.54) is 4.90 Å². The quantitative estimate of drug-likeness (QED) is 0.552. The second-order valence-electron chi connectivity index (χ2n) is 2.34. The normalized spacial score (nSPS) is 12.1. The number of rotatable bonds is 2. The second-order valence-corrected chi connectivity index (χ2v) is 3.22. The van der Waals surface area contributed by atoms with Crippen molar-refractivity contribution in [2.75, 3.05) is 6.26 Å². The number of thioether (sulfide) groups is 1. The first kappa shape index (κ1) is 9.18. The summed E-state index contributed by atoms with van der Waals surface area (Å²) in [5.74, 6) is 2.27. The topological polar surface area (TPSA) is 20.2 Å². The van der Waals surface area contributed by atoms with Crippen LogP contribution in [0.1, 0.15) is 11.7 Å². The molecule has 0 saturated carbocycles. The molecule has 1 atom stereocenters. The summed E-state index contributed by atoms with van der Waals surface area (Å²) in [6.07, 6.45) is 6.30. The number of aliphatic hydroxyl groups is 1. The number of hydrogen-bond acceptors (Lipinski definition) is 2. The van der Waals surface area contributed by atoms with Crippen molar-refractivity contribution < 1.29 is 5.11 Å². The van der Waals surface area contributed by atoms with Gasteiger partial charge in [0.2, 0.25) is 0 Å². The van der Waals surface area contributed by atoms with Crippen molar-refractivity contribution >= 4 is 11.8 Å². The van der Waals surface area contributed by atoms with E-state index >= 15 is 0 Å². The fourth-order valence-corrected chi connectivity index (χ4v) is 1.29. The SMILES string of the molecule is C#CC(O)c1ccc(SC)cc1. The summed E-state index contributed by atoms with van der Waals surface area (Å²) in [5, 5.41) is 9.25. The molecule has 1 nitrogen and oxygen atoms in total. The highest BCUT2D eigenvalue weighted by Crippen LogP contribution is 2.18. The molecule has 2 heteroatoms. The van der Waals surface area contributed by atoms with Crippen molar-refractivity contribution in [3.8, 4) is 12.3 Å². The first-order valence-corrected chi connectivity index (χ1v) is 4.78. The summed E-state index contributed by atoms with van der Waals surface area (Å²) in [4.78, 5) is 1.17. The zero-order valence-electron chi connectivity index (χ0n) is 6.82. The molecule has 0 aliphatic heterocycles. The van der Waals surface area contributed by atoms with Gasteiger partial charge in [-0.1, -0.05) is 18.1 Å². The molecule has 0 aromatic heterocycles. The predicted octanol–water partition coefficient (Wildman–Crippen LogP) is 2.08. The molecule has 0 amide bonds. The van der Waals surface area contributed by atoms with Gasteiger partial charge in [-0.2, -0.15) is 0 Å². The average molecular weight is 178 g/mol. The van der Waals surface area contributed by atoms with Crippen LogP contribution in [0.15, 0.2) is 29.2 Å². The molecule has 1 N–H and O–H groups in total. The van der Waals surface area contributed by atoms with Gasteiger partial charge in [0.15, 0.2) is 0 Å². The fraction of sp³-hybridized carbons (Fsp3) is 0.200. The Balaban J connectivity index is 2.86. The summed E-state index contributed by atoms with van der Waals surface area (Å²) in [6.45, 7) is 0. The molecule has 0 radical (unpaired) electrons. The van der Waals surface area contributed by atoms with Crippen molar-refractivity contribution in [1.82, 2.24) is 0 Å². The molecule has 12 heavy (non-hydrogen) atoms. The van der Waals surface area contributed by atoms with Crippen molar-refractivity contribution in [2.24, 2.45) is 0 Å². The van der Waals surface area contributed by atoms with Crippen LogP contribution in [0.3, 0.4) is 0 Å². The lowest BCUT2D eigenvalue weighted by atomic mass is 10.1. The van der Waals surface area contributed by atoms with E-state index in [2.05, 4.69) is 5.92 Å². The lowest BCUT2D eigenvalue weighted by Crippen LogP contribution is -1.91. The van der Waals surface area contributed by atoms with Gasteiger partial charge in [-0.05, 0) is 24.0 Å². The van der Waals surface area contributed by atoms with Gasteiger partial charge in [-0.15, -0.1) is 18.2 Å². The fourth-order valence-electron chi connectivity index (χ4n) is 0.882. The molecule has 0 heterocycles. The number of hydrogen-bond donors (Lipinski definition) is 1. The number of benzene rings is 1. The first-order chi connectivity index (χ1) is 5.77. The average Bonchev–Trinajstić information content (AvgIpc) is 2.17. The van der Waals surface area contributed by atoms with Gasteiger partial charge >= 0.3 is 0 Å². The van der Waals surface area contributed by atoms with E-state index in [1.807, 2.05) is 30.5 Å². The molecule has 1 aromatic carbocycles. The number of terminal acetylenes is 1. The second kappa shape index (κ2) is 4.20. The predicted molar refractivity (Wildman–Crippen MR) is 52.0 cm³/mol. The minimum atomic E-state index is -0.777. The highest BCUT2D eigenvalue weighted by Gasteiger charge is 2.01. The molecule has 0 saturated heterocycles. The standard InChI is InChI=1S/C10H10OS/c1-3-10(11)8-4-6-9(12-2)7-5-8/h1,4-7,10-11H,2H3. The van der Waals surface area contributed by atoms with Crippen LogP contribution in [0.25, 0.3) is 0 Å². The van der Waals surface area contributed by atoms with Crippen LogP contribution in [-0.2, 0) is 0 Å². The van der Waals surface area contributed by atoms with Gasteiger partial charge in [-0.3, -0.25) is 0 Å². The van der Waals surface area contributed by atoms with E-state index in [4.69, 9.17) is 6.42 Å². The van der Waals surface area contributed by atoms with Crippen LogP contribution >= 0.6 is 11.8 Å². The Morgan fingerprint density at radius 3 is 2.42 bits per heavy atom. The van der Waals surface area contributed by atoms with E-state index in [0.717, 1.165) is 5.56 Å². The maximum Gasteiger partial charge on any atom is 0.139 e. The van der Waals surface area contributed by atoms with Crippen LogP contribution in [0.2, 0.25) is 0 Å². The molecule has 1 unspecified atom stereocenters. The lowest BCUT2D eigenvalue weighted by molar-refractivity contribution is 0.238. The van der Waals surface area contributed by atoms with E-state index in [-0.39, 0.29) is 0 Å². The molecule has 1 aromatic rings. The first-order valence-electron chi connectivity index (χ1n) is 3.56. The van der Waals surface area contributed by atoms with Gasteiger partial charge < -0.3 is 5.11 Å². The van der Waals surface area contributed by atoms with E-state index in [1.54, 1.807) is 11.8 Å². The maximum absolute atomic E-state index is 9.25. The Hall–Kier alpha value is -0.910. The zero-order valence-corrected chi connectivity index (χ0v) is 7.64. The van der Waals surface area contributed by atoms with Gasteiger partial charge in [0.25, 0.3) is 0 Å². The summed E-state index contributed by atoms with van der Waals surface area (Å²) in [7, 11) is 0. The monoisotopic (exact) mass is 178 g/mol. The minimum Gasteiger partial charge on any atom is -0.376 e. The molecule has 0 spiro atoms. The minimum absolute atomic E-state index is 0.773. The van der Waals surface area contributed by atoms with Crippen LogP contribution in [0, 0.1) is 12.3 Å². The molecule has 0 aliphatic carbocycles. The zero-order chi connectivity index (χ0) is 8.97. The van der Waals surface area contributed by atoms with Gasteiger partial charge in [0.1, 0.15) is 6.10 Å². The Morgan fingerprint density at radius 2 is 2.00 bits per heavy atom. The molecule has 1 rings (SSSR count). The van der Waals surface area contributed by atoms with Crippen LogP contribution < -0.4 is 0 Å². The van der Waals surface area contributed by atoms with Crippen molar-refractivity contribution in [1.29, 1.82) is 0 Å². The largest absolute Gasteiger partial charge is 0.376 e. The summed E-state index contributed by atoms with van der Waals surface area (Å²) >= 11 is 1.66. The maximum atomic E-state index is 9.25. The Bertz CT molecular complexity index is 284. The lowest BCUT2D eigenvalue weighted by Gasteiger charge is -2.03. The Labute approximate surface area is 76.8 Å². The van der Waals surface area contributed by atoms with Crippen molar-refractivity contribution in [3.05, 3.63) is 29.8 Å². The van der Waals surface area contributed by atoms with Gasteiger partial charge in [0.05, 0.1) is 0 Å². The van der Waals surface area contributed by atoms with Crippen molar-refractivity contribution in [2.45, 2.75) is 11.0 Å². The molecular formula is C10H10OS. The summed E-state index contributed by atoms with van der Waals surface area (Å²) in [6, 6.07) is 7.58. The molecule has 0 fully saturated rings. The highest BCUT2D eigenvalue weighted by molar-refractivity contribution is 7.98. The third-order valence-electron chi connectivity index (χ3n) is 1.59. The van der Waals surface area contributed by atoms with E-state index < -0.39 is 6.10 Å². The van der Waals surface area contributed by atoms with Crippen LogP contribution in [-0.4, -0.2) is 11.4 Å². The highest BCUT2D eigenvalue weighted by atomic mass is 32.2. The van der Waals surface area contributed by atoms with Crippen LogP contribution in [0.5, 0.6) is 0 Å². The third kappa shape index (κ3) is 2.04. The summed E-state index contributed by atoms with van der Waals surface area (Å²) < 4.78 is 0. The van der Waals surface area contributed by atoms with Gasteiger partial charge in [-0.25, -0.2) is 0 Å². The smallest absolute Gasteiger partial charge is 0.139 e. The number of aliphatic hydroxyl groups excluding tert-OH is 1. The van der Waals surface area contributed by atoms with Crippen molar-refractivity contribution in [3.63, 3.8) is 0 Å². The molecule has 62 valence electrons. The molecule has 0 bridgehead atoms. The Kier molecular flexibility index (Phi) is 3.21. The summed E-state index contributed by atoms with van der Waals surface area (Å²) in [5.41, 5.74) is 0.773. The van der Waals surface area contributed by atoms with E-state index in [0.29, 0.717) is 0 Å².